The summed E-state index contributed by atoms with van der Waals surface area (Å²) in [6.45, 7) is 5.84. The van der Waals surface area contributed by atoms with E-state index in [0.717, 1.165) is 22.3 Å². The summed E-state index contributed by atoms with van der Waals surface area (Å²) in [4.78, 5) is 12.1. The number of aryl methyl sites for hydroxylation is 3. The van der Waals surface area contributed by atoms with Crippen molar-refractivity contribution in [3.8, 4) is 17.0 Å². The third-order valence-electron chi connectivity index (χ3n) is 3.64. The first kappa shape index (κ1) is 16.7. The summed E-state index contributed by atoms with van der Waals surface area (Å²) in [6.07, 6.45) is 0. The second kappa shape index (κ2) is 7.17. The Bertz CT molecular complexity index is 865. The van der Waals surface area contributed by atoms with Crippen molar-refractivity contribution in [2.45, 2.75) is 20.8 Å². The van der Waals surface area contributed by atoms with Gasteiger partial charge in [-0.3, -0.25) is 4.79 Å². The molecule has 6 nitrogen and oxygen atoms in total. The van der Waals surface area contributed by atoms with Gasteiger partial charge in [0.25, 0.3) is 5.91 Å². The van der Waals surface area contributed by atoms with Gasteiger partial charge >= 0.3 is 0 Å². The van der Waals surface area contributed by atoms with Crippen molar-refractivity contribution in [3.05, 3.63) is 59.2 Å². The van der Waals surface area contributed by atoms with Gasteiger partial charge in [-0.15, -0.1) is 0 Å². The zero-order valence-electron chi connectivity index (χ0n) is 14.4. The van der Waals surface area contributed by atoms with Crippen LogP contribution in [0.3, 0.4) is 0 Å². The smallest absolute Gasteiger partial charge is 0.263 e. The Morgan fingerprint density at radius 3 is 2.36 bits per heavy atom. The molecule has 25 heavy (non-hydrogen) atoms. The minimum Gasteiger partial charge on any atom is -0.484 e. The van der Waals surface area contributed by atoms with Gasteiger partial charge in [-0.2, -0.15) is 0 Å². The minimum atomic E-state index is -0.330. The van der Waals surface area contributed by atoms with E-state index < -0.39 is 0 Å². The highest BCUT2D eigenvalue weighted by Gasteiger charge is 2.15. The second-order valence-corrected chi connectivity index (χ2v) is 5.99. The molecule has 3 aromatic rings. The summed E-state index contributed by atoms with van der Waals surface area (Å²) in [6, 6.07) is 13.5. The lowest BCUT2D eigenvalue weighted by Crippen LogP contribution is -2.20. The molecule has 1 aromatic heterocycles. The van der Waals surface area contributed by atoms with E-state index in [-0.39, 0.29) is 18.3 Å². The lowest BCUT2D eigenvalue weighted by Gasteiger charge is -2.08. The first-order valence-corrected chi connectivity index (χ1v) is 7.92. The highest BCUT2D eigenvalue weighted by atomic mass is 16.6. The molecule has 0 atom stereocenters. The standard InChI is InChI=1S/C19H19N3O3/c1-12-4-6-15(7-5-12)18-19(22-25-21-18)20-17(23)11-24-16-9-13(2)8-14(3)10-16/h4-10H,11H2,1-3H3,(H,20,22,23). The van der Waals surface area contributed by atoms with Gasteiger partial charge in [0, 0.05) is 5.56 Å². The minimum absolute atomic E-state index is 0.122. The summed E-state index contributed by atoms with van der Waals surface area (Å²) < 4.78 is 10.3. The number of nitrogens with zero attached hydrogens (tertiary/aromatic N) is 2. The topological polar surface area (TPSA) is 77.3 Å². The van der Waals surface area contributed by atoms with Crippen LogP contribution in [0.5, 0.6) is 5.75 Å². The van der Waals surface area contributed by atoms with Crippen LogP contribution in [0, 0.1) is 20.8 Å². The molecule has 3 rings (SSSR count). The normalized spacial score (nSPS) is 10.5. The van der Waals surface area contributed by atoms with Gasteiger partial charge < -0.3 is 10.1 Å². The van der Waals surface area contributed by atoms with Gasteiger partial charge in [0.15, 0.2) is 12.3 Å². The van der Waals surface area contributed by atoms with E-state index in [1.165, 1.54) is 0 Å². The molecule has 2 aromatic carbocycles. The molecule has 0 aliphatic rings. The lowest BCUT2D eigenvalue weighted by molar-refractivity contribution is -0.118. The molecule has 1 amide bonds. The zero-order chi connectivity index (χ0) is 17.8. The summed E-state index contributed by atoms with van der Waals surface area (Å²) in [7, 11) is 0. The third-order valence-corrected chi connectivity index (χ3v) is 3.64. The van der Waals surface area contributed by atoms with Gasteiger partial charge in [0.2, 0.25) is 5.82 Å². The number of anilines is 1. The second-order valence-electron chi connectivity index (χ2n) is 5.99. The van der Waals surface area contributed by atoms with Crippen LogP contribution in [0.15, 0.2) is 47.1 Å². The van der Waals surface area contributed by atoms with Crippen LogP contribution in [0.4, 0.5) is 5.82 Å². The van der Waals surface area contributed by atoms with Gasteiger partial charge in [-0.05, 0) is 54.3 Å². The number of benzene rings is 2. The number of amides is 1. The van der Waals surface area contributed by atoms with Gasteiger partial charge in [-0.1, -0.05) is 35.9 Å². The molecule has 0 aliphatic carbocycles. The third kappa shape index (κ3) is 4.23. The molecular formula is C19H19N3O3. The fraction of sp³-hybridized carbons (Fsp3) is 0.211. The highest BCUT2D eigenvalue weighted by Crippen LogP contribution is 2.24. The number of hydrogen-bond acceptors (Lipinski definition) is 5. The largest absolute Gasteiger partial charge is 0.484 e. The molecular weight excluding hydrogens is 318 g/mol. The molecule has 0 bridgehead atoms. The Kier molecular flexibility index (Phi) is 4.79. The predicted molar refractivity (Wildman–Crippen MR) is 94.5 cm³/mol. The zero-order valence-corrected chi connectivity index (χ0v) is 14.4. The molecule has 1 N–H and O–H groups in total. The van der Waals surface area contributed by atoms with Crippen molar-refractivity contribution in [1.29, 1.82) is 0 Å². The Morgan fingerprint density at radius 1 is 1.00 bits per heavy atom. The number of aromatic nitrogens is 2. The van der Waals surface area contributed by atoms with Crippen LogP contribution in [0.25, 0.3) is 11.3 Å². The molecule has 6 heteroatoms. The van der Waals surface area contributed by atoms with E-state index in [1.54, 1.807) is 0 Å². The summed E-state index contributed by atoms with van der Waals surface area (Å²) >= 11 is 0. The monoisotopic (exact) mass is 337 g/mol. The van der Waals surface area contributed by atoms with Crippen molar-refractivity contribution in [2.24, 2.45) is 0 Å². The molecule has 0 aliphatic heterocycles. The average Bonchev–Trinajstić information content (AvgIpc) is 3.01. The number of carbonyl (C=O) groups excluding carboxylic acids is 1. The summed E-state index contributed by atoms with van der Waals surface area (Å²) in [5.74, 6) is 0.603. The molecule has 0 saturated heterocycles. The number of ether oxygens (including phenoxy) is 1. The summed E-state index contributed by atoms with van der Waals surface area (Å²) in [5.41, 5.74) is 4.60. The van der Waals surface area contributed by atoms with E-state index in [1.807, 2.05) is 63.2 Å². The molecule has 128 valence electrons. The van der Waals surface area contributed by atoms with Crippen LogP contribution in [-0.2, 0) is 4.79 Å². The van der Waals surface area contributed by atoms with Crippen LogP contribution < -0.4 is 10.1 Å². The quantitative estimate of drug-likeness (QED) is 0.768. The van der Waals surface area contributed by atoms with Crippen molar-refractivity contribution in [2.75, 3.05) is 11.9 Å². The van der Waals surface area contributed by atoms with Gasteiger partial charge in [-0.25, -0.2) is 4.63 Å². The highest BCUT2D eigenvalue weighted by molar-refractivity contribution is 5.94. The lowest BCUT2D eigenvalue weighted by atomic mass is 10.1. The molecule has 0 unspecified atom stereocenters. The Labute approximate surface area is 145 Å². The van der Waals surface area contributed by atoms with Crippen LogP contribution in [-0.4, -0.2) is 22.8 Å². The van der Waals surface area contributed by atoms with E-state index in [0.29, 0.717) is 11.4 Å². The maximum atomic E-state index is 12.1. The Morgan fingerprint density at radius 2 is 1.68 bits per heavy atom. The Hall–Kier alpha value is -3.15. The molecule has 1 heterocycles. The molecule has 0 saturated carbocycles. The van der Waals surface area contributed by atoms with Gasteiger partial charge in [0.05, 0.1) is 0 Å². The van der Waals surface area contributed by atoms with E-state index in [2.05, 4.69) is 15.6 Å². The van der Waals surface area contributed by atoms with Crippen molar-refractivity contribution in [1.82, 2.24) is 10.3 Å². The molecule has 0 radical (unpaired) electrons. The SMILES string of the molecule is Cc1ccc(-c2nonc2NC(=O)COc2cc(C)cc(C)c2)cc1. The molecule has 0 fully saturated rings. The van der Waals surface area contributed by atoms with Gasteiger partial charge in [0.1, 0.15) is 5.75 Å². The predicted octanol–water partition coefficient (Wildman–Crippen LogP) is 3.68. The number of rotatable bonds is 5. The number of carbonyl (C=O) groups is 1. The first-order chi connectivity index (χ1) is 12.0. The van der Waals surface area contributed by atoms with Crippen molar-refractivity contribution >= 4 is 11.7 Å². The fourth-order valence-electron chi connectivity index (χ4n) is 2.50. The summed E-state index contributed by atoms with van der Waals surface area (Å²) in [5, 5.41) is 10.3. The maximum Gasteiger partial charge on any atom is 0.263 e. The van der Waals surface area contributed by atoms with Crippen LogP contribution in [0.1, 0.15) is 16.7 Å². The van der Waals surface area contributed by atoms with E-state index in [9.17, 15) is 4.79 Å². The van der Waals surface area contributed by atoms with Crippen molar-refractivity contribution < 1.29 is 14.2 Å². The fourth-order valence-corrected chi connectivity index (χ4v) is 2.50. The number of hydrogen-bond donors (Lipinski definition) is 1. The van der Waals surface area contributed by atoms with Crippen molar-refractivity contribution in [3.63, 3.8) is 0 Å². The first-order valence-electron chi connectivity index (χ1n) is 7.92. The maximum absolute atomic E-state index is 12.1. The van der Waals surface area contributed by atoms with Crippen LogP contribution in [0.2, 0.25) is 0 Å². The Balaban J connectivity index is 1.66. The van der Waals surface area contributed by atoms with E-state index >= 15 is 0 Å². The number of nitrogens with one attached hydrogen (secondary N) is 1. The molecule has 0 spiro atoms. The van der Waals surface area contributed by atoms with E-state index in [4.69, 9.17) is 9.37 Å². The van der Waals surface area contributed by atoms with Crippen LogP contribution >= 0.6 is 0 Å². The average molecular weight is 337 g/mol.